The average Bonchev–Trinajstić information content (AvgIpc) is 2.95. The van der Waals surface area contributed by atoms with Crippen LogP contribution in [0.2, 0.25) is 10.0 Å². The van der Waals surface area contributed by atoms with E-state index in [-0.39, 0.29) is 23.4 Å². The lowest BCUT2D eigenvalue weighted by molar-refractivity contribution is -0.137. The van der Waals surface area contributed by atoms with Crippen LogP contribution in [0.1, 0.15) is 0 Å². The second-order valence-corrected chi connectivity index (χ2v) is 6.96. The van der Waals surface area contributed by atoms with Crippen LogP contribution in [0, 0.1) is 0 Å². The maximum absolute atomic E-state index is 11.8. The zero-order chi connectivity index (χ0) is 16.8. The fraction of sp³-hybridized carbons (Fsp3) is 0.231. The van der Waals surface area contributed by atoms with Crippen LogP contribution in [0.3, 0.4) is 0 Å². The van der Waals surface area contributed by atoms with Gasteiger partial charge in [-0.3, -0.25) is 14.9 Å². The molecule has 0 aliphatic heterocycles. The van der Waals surface area contributed by atoms with Crippen molar-refractivity contribution in [2.75, 3.05) is 23.9 Å². The third-order valence-electron chi connectivity index (χ3n) is 2.51. The summed E-state index contributed by atoms with van der Waals surface area (Å²) in [5, 5.41) is 12.4. The fourth-order valence-electron chi connectivity index (χ4n) is 1.49. The summed E-state index contributed by atoms with van der Waals surface area (Å²) in [7, 11) is 1.30. The molecule has 0 spiro atoms. The first kappa shape index (κ1) is 18.0. The maximum Gasteiger partial charge on any atom is 0.315 e. The molecule has 0 atom stereocenters. The van der Waals surface area contributed by atoms with Crippen molar-refractivity contribution >= 4 is 63.3 Å². The third-order valence-corrected chi connectivity index (χ3v) is 4.84. The molecular formula is C13H11Cl2N3O3S2. The minimum Gasteiger partial charge on any atom is -0.468 e. The lowest BCUT2D eigenvalue weighted by Crippen LogP contribution is -2.15. The second-order valence-electron chi connectivity index (χ2n) is 4.15. The van der Waals surface area contributed by atoms with E-state index in [4.69, 9.17) is 23.2 Å². The van der Waals surface area contributed by atoms with Gasteiger partial charge in [-0.15, -0.1) is 22.0 Å². The van der Waals surface area contributed by atoms with E-state index in [0.29, 0.717) is 25.7 Å². The monoisotopic (exact) mass is 391 g/mol. The van der Waals surface area contributed by atoms with Gasteiger partial charge >= 0.3 is 5.97 Å². The molecule has 10 heteroatoms. The van der Waals surface area contributed by atoms with Crippen molar-refractivity contribution in [3.05, 3.63) is 28.2 Å². The molecule has 0 fully saturated rings. The van der Waals surface area contributed by atoms with E-state index in [1.807, 2.05) is 0 Å². The number of benzene rings is 1. The first-order valence-electron chi connectivity index (χ1n) is 6.23. The third kappa shape index (κ3) is 5.35. The quantitative estimate of drug-likeness (QED) is 0.760. The number of nitrogens with one attached hydrogen (secondary N) is 1. The van der Waals surface area contributed by atoms with Crippen LogP contribution in [-0.2, 0) is 14.3 Å². The summed E-state index contributed by atoms with van der Waals surface area (Å²) in [4.78, 5) is 22.7. The number of thioether (sulfide) groups is 1. The highest BCUT2D eigenvalue weighted by molar-refractivity contribution is 8.00. The number of carbonyl (C=O) groups is 2. The minimum atomic E-state index is -0.376. The van der Waals surface area contributed by atoms with Crippen LogP contribution >= 0.6 is 46.3 Å². The van der Waals surface area contributed by atoms with Gasteiger partial charge in [0.25, 0.3) is 0 Å². The Balaban J connectivity index is 1.94. The van der Waals surface area contributed by atoms with Crippen LogP contribution in [0.4, 0.5) is 5.13 Å². The Morgan fingerprint density at radius 2 is 2.09 bits per heavy atom. The molecule has 2 rings (SSSR count). The van der Waals surface area contributed by atoms with Crippen molar-refractivity contribution in [3.63, 3.8) is 0 Å². The summed E-state index contributed by atoms with van der Waals surface area (Å²) in [6.45, 7) is 0. The number of ether oxygens (including phenoxy) is 1. The molecule has 1 heterocycles. The van der Waals surface area contributed by atoms with E-state index >= 15 is 0 Å². The molecule has 0 saturated carbocycles. The number of carbonyl (C=O) groups excluding carboxylic acids is 2. The van der Waals surface area contributed by atoms with Gasteiger partial charge in [0.2, 0.25) is 11.0 Å². The van der Waals surface area contributed by atoms with Gasteiger partial charge in [-0.1, -0.05) is 34.5 Å². The largest absolute Gasteiger partial charge is 0.468 e. The van der Waals surface area contributed by atoms with E-state index in [1.54, 1.807) is 18.2 Å². The van der Waals surface area contributed by atoms with Crippen molar-refractivity contribution in [2.24, 2.45) is 0 Å². The van der Waals surface area contributed by atoms with E-state index in [1.165, 1.54) is 18.4 Å². The van der Waals surface area contributed by atoms with Gasteiger partial charge in [-0.25, -0.2) is 0 Å². The molecule has 0 aliphatic rings. The Kier molecular flexibility index (Phi) is 6.64. The fourth-order valence-corrected chi connectivity index (χ4v) is 3.48. The number of rotatable bonds is 6. The summed E-state index contributed by atoms with van der Waals surface area (Å²) in [5.74, 6) is -0.417. The Morgan fingerprint density at radius 1 is 1.30 bits per heavy atom. The number of hydrogen-bond acceptors (Lipinski definition) is 7. The predicted molar refractivity (Wildman–Crippen MR) is 93.3 cm³/mol. The van der Waals surface area contributed by atoms with Crippen molar-refractivity contribution in [3.8, 4) is 10.6 Å². The normalized spacial score (nSPS) is 10.4. The Morgan fingerprint density at radius 3 is 2.78 bits per heavy atom. The topological polar surface area (TPSA) is 81.2 Å². The summed E-state index contributed by atoms with van der Waals surface area (Å²) < 4.78 is 4.49. The lowest BCUT2D eigenvalue weighted by Gasteiger charge is -2.01. The number of methoxy groups -OCH3 is 1. The average molecular weight is 392 g/mol. The molecule has 0 bridgehead atoms. The van der Waals surface area contributed by atoms with E-state index in [9.17, 15) is 9.59 Å². The van der Waals surface area contributed by atoms with Crippen LogP contribution in [-0.4, -0.2) is 40.7 Å². The molecule has 0 saturated heterocycles. The molecular weight excluding hydrogens is 381 g/mol. The summed E-state index contributed by atoms with van der Waals surface area (Å²) in [6, 6.07) is 5.05. The number of aromatic nitrogens is 2. The van der Waals surface area contributed by atoms with Crippen molar-refractivity contribution in [2.45, 2.75) is 0 Å². The van der Waals surface area contributed by atoms with E-state index in [0.717, 1.165) is 11.8 Å². The molecule has 1 N–H and O–H groups in total. The highest BCUT2D eigenvalue weighted by Crippen LogP contribution is 2.33. The minimum absolute atomic E-state index is 0.117. The number of esters is 1. The molecule has 0 radical (unpaired) electrons. The van der Waals surface area contributed by atoms with Crippen molar-refractivity contribution < 1.29 is 14.3 Å². The number of nitrogens with zero attached hydrogens (tertiary/aromatic N) is 2. The zero-order valence-corrected chi connectivity index (χ0v) is 15.0. The molecule has 23 heavy (non-hydrogen) atoms. The molecule has 1 amide bonds. The predicted octanol–water partition coefficient (Wildman–Crippen LogP) is 3.36. The summed E-state index contributed by atoms with van der Waals surface area (Å²) >= 11 is 14.3. The lowest BCUT2D eigenvalue weighted by atomic mass is 10.2. The molecule has 6 nitrogen and oxygen atoms in total. The van der Waals surface area contributed by atoms with E-state index in [2.05, 4.69) is 20.3 Å². The number of halogens is 2. The Labute approximate surface area is 150 Å². The van der Waals surface area contributed by atoms with Crippen molar-refractivity contribution in [1.82, 2.24) is 10.2 Å². The SMILES string of the molecule is COC(=O)CSCC(=O)Nc1nnc(-c2ccc(Cl)cc2Cl)s1. The molecule has 1 aromatic carbocycles. The first-order chi connectivity index (χ1) is 11.0. The highest BCUT2D eigenvalue weighted by Gasteiger charge is 2.13. The van der Waals surface area contributed by atoms with Crippen LogP contribution in [0.25, 0.3) is 10.6 Å². The van der Waals surface area contributed by atoms with Gasteiger partial charge in [0, 0.05) is 10.6 Å². The summed E-state index contributed by atoms with van der Waals surface area (Å²) in [5.41, 5.74) is 0.689. The van der Waals surface area contributed by atoms with E-state index < -0.39 is 0 Å². The highest BCUT2D eigenvalue weighted by atomic mass is 35.5. The van der Waals surface area contributed by atoms with Gasteiger partial charge in [-0.2, -0.15) is 0 Å². The van der Waals surface area contributed by atoms with Gasteiger partial charge in [0.05, 0.1) is 23.6 Å². The molecule has 1 aromatic heterocycles. The van der Waals surface area contributed by atoms with Gasteiger partial charge in [0.1, 0.15) is 0 Å². The molecule has 0 aliphatic carbocycles. The van der Waals surface area contributed by atoms with Gasteiger partial charge in [0.15, 0.2) is 5.01 Å². The smallest absolute Gasteiger partial charge is 0.315 e. The van der Waals surface area contributed by atoms with Crippen LogP contribution < -0.4 is 5.32 Å². The second kappa shape index (κ2) is 8.49. The zero-order valence-electron chi connectivity index (χ0n) is 11.8. The first-order valence-corrected chi connectivity index (χ1v) is 8.95. The van der Waals surface area contributed by atoms with Crippen molar-refractivity contribution in [1.29, 1.82) is 0 Å². The molecule has 0 unspecified atom stereocenters. The van der Waals surface area contributed by atoms with Gasteiger partial charge < -0.3 is 4.74 Å². The number of amides is 1. The maximum atomic E-state index is 11.8. The summed E-state index contributed by atoms with van der Waals surface area (Å²) in [6.07, 6.45) is 0. The van der Waals surface area contributed by atoms with Crippen LogP contribution in [0.5, 0.6) is 0 Å². The Hall–Kier alpha value is -1.35. The number of anilines is 1. The van der Waals surface area contributed by atoms with Crippen LogP contribution in [0.15, 0.2) is 18.2 Å². The van der Waals surface area contributed by atoms with Gasteiger partial charge in [-0.05, 0) is 18.2 Å². The Bertz CT molecular complexity index is 724. The number of hydrogen-bond donors (Lipinski definition) is 1. The standard InChI is InChI=1S/C13H11Cl2N3O3S2/c1-21-11(20)6-22-5-10(19)16-13-18-17-12(23-13)8-3-2-7(14)4-9(8)15/h2-4H,5-6H2,1H3,(H,16,18,19). The molecule has 2 aromatic rings. The molecule has 122 valence electrons.